The third-order valence-corrected chi connectivity index (χ3v) is 6.25. The lowest BCUT2D eigenvalue weighted by atomic mass is 9.72. The zero-order valence-corrected chi connectivity index (χ0v) is 14.1. The Kier molecular flexibility index (Phi) is 7.61. The summed E-state index contributed by atoms with van der Waals surface area (Å²) >= 11 is 0. The van der Waals surface area contributed by atoms with Gasteiger partial charge >= 0.3 is 0 Å². The molecule has 2 atom stereocenters. The van der Waals surface area contributed by atoms with Crippen molar-refractivity contribution in [2.24, 2.45) is 23.7 Å². The maximum Gasteiger partial charge on any atom is -0.0351 e. The summed E-state index contributed by atoms with van der Waals surface area (Å²) in [7, 11) is 0. The van der Waals surface area contributed by atoms with Crippen molar-refractivity contribution in [3.8, 4) is 0 Å². The summed E-state index contributed by atoms with van der Waals surface area (Å²) in [5.74, 6) is 4.12. The van der Waals surface area contributed by atoms with Crippen molar-refractivity contribution in [2.45, 2.75) is 83.5 Å². The number of allylic oxidation sites excluding steroid dienone is 2. The van der Waals surface area contributed by atoms with Gasteiger partial charge in [0.25, 0.3) is 0 Å². The van der Waals surface area contributed by atoms with E-state index in [-0.39, 0.29) is 0 Å². The summed E-state index contributed by atoms with van der Waals surface area (Å²) < 4.78 is 0. The summed E-state index contributed by atoms with van der Waals surface area (Å²) in [4.78, 5) is 0. The molecule has 2 fully saturated rings. The summed E-state index contributed by atoms with van der Waals surface area (Å²) in [6, 6.07) is 0. The average molecular weight is 289 g/mol. The molecule has 0 bridgehead atoms. The van der Waals surface area contributed by atoms with Gasteiger partial charge in [-0.1, -0.05) is 50.7 Å². The van der Waals surface area contributed by atoms with Crippen molar-refractivity contribution in [1.82, 2.24) is 0 Å². The first-order chi connectivity index (χ1) is 10.3. The van der Waals surface area contributed by atoms with Gasteiger partial charge in [-0.25, -0.2) is 0 Å². The lowest BCUT2D eigenvalue weighted by Crippen LogP contribution is -2.21. The highest BCUT2D eigenvalue weighted by Gasteiger charge is 2.29. The fourth-order valence-electron chi connectivity index (χ4n) is 4.82. The first-order valence-corrected chi connectivity index (χ1v) is 9.55. The molecule has 0 aromatic heterocycles. The second-order valence-corrected chi connectivity index (χ2v) is 7.65. The normalized spacial score (nSPS) is 34.1. The Labute approximate surface area is 133 Å². The average Bonchev–Trinajstić information content (AvgIpc) is 2.77. The van der Waals surface area contributed by atoms with Crippen LogP contribution in [-0.2, 0) is 0 Å². The minimum Gasteiger partial charge on any atom is -0.103 e. The topological polar surface area (TPSA) is 0 Å². The molecule has 120 valence electrons. The van der Waals surface area contributed by atoms with E-state index in [1.54, 1.807) is 0 Å². The third-order valence-electron chi connectivity index (χ3n) is 6.25. The molecule has 2 aliphatic carbocycles. The van der Waals surface area contributed by atoms with Gasteiger partial charge in [0, 0.05) is 0 Å². The monoisotopic (exact) mass is 288 g/mol. The smallest absolute Gasteiger partial charge is 0.0351 e. The molecule has 0 amide bonds. The van der Waals surface area contributed by atoms with Crippen LogP contribution in [0.25, 0.3) is 0 Å². The second-order valence-electron chi connectivity index (χ2n) is 7.65. The van der Waals surface area contributed by atoms with Crippen LogP contribution in [0, 0.1) is 23.7 Å². The molecule has 0 aromatic rings. The van der Waals surface area contributed by atoms with Crippen LogP contribution in [0.15, 0.2) is 25.3 Å². The van der Waals surface area contributed by atoms with E-state index in [1.807, 2.05) is 0 Å². The highest BCUT2D eigenvalue weighted by molar-refractivity contribution is 4.82. The van der Waals surface area contributed by atoms with Crippen LogP contribution in [0.3, 0.4) is 0 Å². The zero-order valence-electron chi connectivity index (χ0n) is 14.1. The molecule has 21 heavy (non-hydrogen) atoms. The molecule has 0 spiro atoms. The Morgan fingerprint density at radius 2 is 1.10 bits per heavy atom. The Hall–Kier alpha value is -0.520. The Bertz CT molecular complexity index is 295. The van der Waals surface area contributed by atoms with Gasteiger partial charge in [-0.05, 0) is 68.6 Å². The molecule has 0 saturated heterocycles. The number of hydrogen-bond donors (Lipinski definition) is 0. The molecular weight excluding hydrogens is 252 g/mol. The Balaban J connectivity index is 1.71. The largest absolute Gasteiger partial charge is 0.103 e. The maximum absolute atomic E-state index is 3.88. The molecule has 2 rings (SSSR count). The van der Waals surface area contributed by atoms with E-state index < -0.39 is 0 Å². The van der Waals surface area contributed by atoms with Gasteiger partial charge in [-0.2, -0.15) is 0 Å². The number of rotatable bonds is 7. The standard InChI is InChI=1S/C21H36/c1-3-5-8-18-10-7-11-20(15-12-18)21-16-13-19(14-17-21)9-6-4-2/h3-4,18-21H,1-2,5-17H2. The fraction of sp³-hybridized carbons (Fsp3) is 0.810. The van der Waals surface area contributed by atoms with Gasteiger partial charge in [0.15, 0.2) is 0 Å². The van der Waals surface area contributed by atoms with E-state index in [0.29, 0.717) is 0 Å². The molecule has 0 N–H and O–H groups in total. The van der Waals surface area contributed by atoms with E-state index in [9.17, 15) is 0 Å². The summed E-state index contributed by atoms with van der Waals surface area (Å²) in [6.45, 7) is 7.75. The maximum atomic E-state index is 3.88. The van der Waals surface area contributed by atoms with Gasteiger partial charge in [0.1, 0.15) is 0 Å². The van der Waals surface area contributed by atoms with Gasteiger partial charge in [0.2, 0.25) is 0 Å². The predicted molar refractivity (Wildman–Crippen MR) is 94.4 cm³/mol. The van der Waals surface area contributed by atoms with Crippen molar-refractivity contribution >= 4 is 0 Å². The highest BCUT2D eigenvalue weighted by atomic mass is 14.3. The Morgan fingerprint density at radius 1 is 0.619 bits per heavy atom. The van der Waals surface area contributed by atoms with Gasteiger partial charge in [-0.15, -0.1) is 13.2 Å². The molecule has 2 unspecified atom stereocenters. The van der Waals surface area contributed by atoms with Gasteiger partial charge < -0.3 is 0 Å². The first-order valence-electron chi connectivity index (χ1n) is 9.55. The van der Waals surface area contributed by atoms with Crippen LogP contribution in [0.5, 0.6) is 0 Å². The molecule has 2 aliphatic rings. The van der Waals surface area contributed by atoms with Crippen molar-refractivity contribution in [3.05, 3.63) is 25.3 Å². The van der Waals surface area contributed by atoms with Crippen molar-refractivity contribution in [3.63, 3.8) is 0 Å². The zero-order chi connectivity index (χ0) is 14.9. The van der Waals surface area contributed by atoms with E-state index >= 15 is 0 Å². The minimum atomic E-state index is 0.997. The molecule has 0 heterocycles. The summed E-state index contributed by atoms with van der Waals surface area (Å²) in [5.41, 5.74) is 0. The molecule has 0 heteroatoms. The lowest BCUT2D eigenvalue weighted by Gasteiger charge is -2.33. The lowest BCUT2D eigenvalue weighted by molar-refractivity contribution is 0.183. The van der Waals surface area contributed by atoms with Gasteiger partial charge in [-0.3, -0.25) is 0 Å². The first kappa shape index (κ1) is 16.8. The highest BCUT2D eigenvalue weighted by Crippen LogP contribution is 2.41. The van der Waals surface area contributed by atoms with Crippen LogP contribution in [0.1, 0.15) is 83.5 Å². The molecule has 2 saturated carbocycles. The van der Waals surface area contributed by atoms with E-state index in [1.165, 1.54) is 83.5 Å². The second kappa shape index (κ2) is 9.49. The van der Waals surface area contributed by atoms with Crippen LogP contribution < -0.4 is 0 Å². The van der Waals surface area contributed by atoms with Crippen molar-refractivity contribution in [1.29, 1.82) is 0 Å². The molecule has 0 nitrogen and oxygen atoms in total. The molecule has 0 radical (unpaired) electrons. The van der Waals surface area contributed by atoms with E-state index in [2.05, 4.69) is 25.3 Å². The van der Waals surface area contributed by atoms with E-state index in [4.69, 9.17) is 0 Å². The molecular formula is C21H36. The van der Waals surface area contributed by atoms with Crippen LogP contribution in [-0.4, -0.2) is 0 Å². The quantitative estimate of drug-likeness (QED) is 0.352. The Morgan fingerprint density at radius 3 is 1.62 bits per heavy atom. The summed E-state index contributed by atoms with van der Waals surface area (Å²) in [6.07, 6.45) is 23.0. The fourth-order valence-corrected chi connectivity index (χ4v) is 4.82. The predicted octanol–water partition coefficient (Wildman–Crippen LogP) is 6.92. The minimum absolute atomic E-state index is 0.997. The van der Waals surface area contributed by atoms with E-state index in [0.717, 1.165) is 23.7 Å². The van der Waals surface area contributed by atoms with Crippen LogP contribution in [0.2, 0.25) is 0 Å². The van der Waals surface area contributed by atoms with Crippen molar-refractivity contribution in [2.75, 3.05) is 0 Å². The van der Waals surface area contributed by atoms with Crippen LogP contribution in [0.4, 0.5) is 0 Å². The summed E-state index contributed by atoms with van der Waals surface area (Å²) in [5, 5.41) is 0. The van der Waals surface area contributed by atoms with Crippen LogP contribution >= 0.6 is 0 Å². The third kappa shape index (κ3) is 5.64. The van der Waals surface area contributed by atoms with Crippen molar-refractivity contribution < 1.29 is 0 Å². The van der Waals surface area contributed by atoms with Gasteiger partial charge in [0.05, 0.1) is 0 Å². The SMILES string of the molecule is C=CCCC1CCCC(C2CCC(CCC=C)CC2)CC1. The molecule has 0 aliphatic heterocycles. The molecule has 0 aromatic carbocycles. The number of hydrogen-bond acceptors (Lipinski definition) is 0.